The summed E-state index contributed by atoms with van der Waals surface area (Å²) in [6, 6.07) is 11.0. The topological polar surface area (TPSA) is 55.8 Å². The van der Waals surface area contributed by atoms with Crippen molar-refractivity contribution in [1.29, 1.82) is 0 Å². The van der Waals surface area contributed by atoms with E-state index in [4.69, 9.17) is 9.47 Å². The Morgan fingerprint density at radius 1 is 1.32 bits per heavy atom. The summed E-state index contributed by atoms with van der Waals surface area (Å²) in [6.07, 6.45) is -0.493. The van der Waals surface area contributed by atoms with E-state index in [2.05, 4.69) is 0 Å². The minimum absolute atomic E-state index is 0.0629. The molecule has 0 N–H and O–H groups in total. The van der Waals surface area contributed by atoms with Crippen molar-refractivity contribution in [2.24, 2.45) is 0 Å². The molecule has 1 aromatic carbocycles. The van der Waals surface area contributed by atoms with E-state index in [1.807, 2.05) is 29.6 Å². The Kier molecular flexibility index (Phi) is 4.11. The highest BCUT2D eigenvalue weighted by Gasteiger charge is 2.34. The third-order valence-electron chi connectivity index (χ3n) is 3.44. The molecule has 2 aromatic rings. The zero-order chi connectivity index (χ0) is 15.5. The Morgan fingerprint density at radius 3 is 2.86 bits per heavy atom. The van der Waals surface area contributed by atoms with E-state index >= 15 is 0 Å². The molecule has 0 radical (unpaired) electrons. The molecule has 22 heavy (non-hydrogen) atoms. The lowest BCUT2D eigenvalue weighted by Crippen LogP contribution is -2.48. The Balaban J connectivity index is 1.87. The molecule has 0 spiro atoms. The monoisotopic (exact) mass is 317 g/mol. The molecule has 2 heterocycles. The van der Waals surface area contributed by atoms with E-state index in [1.165, 1.54) is 18.4 Å². The number of carbonyl (C=O) groups is 2. The average molecular weight is 317 g/mol. The van der Waals surface area contributed by atoms with Gasteiger partial charge in [-0.15, -0.1) is 11.3 Å². The molecule has 0 saturated heterocycles. The molecule has 0 fully saturated rings. The van der Waals surface area contributed by atoms with Gasteiger partial charge in [0, 0.05) is 4.88 Å². The lowest BCUT2D eigenvalue weighted by Gasteiger charge is -2.33. The number of fused-ring (bicyclic) bond motifs is 1. The second kappa shape index (κ2) is 6.19. The highest BCUT2D eigenvalue weighted by molar-refractivity contribution is 7.10. The summed E-state index contributed by atoms with van der Waals surface area (Å²) in [7, 11) is 1.31. The molecule has 1 aliphatic rings. The average Bonchev–Trinajstić information content (AvgIpc) is 3.05. The number of carbonyl (C=O) groups excluding carboxylic acids is 2. The standard InChI is InChI=1S/C16H15NO4S/c1-20-16(19)14-10-17(12-6-2-3-7-13(12)21-14)15(18)9-11-5-4-8-22-11/h2-8,14H,9-10H2,1H3. The minimum atomic E-state index is -0.799. The number of amides is 1. The highest BCUT2D eigenvalue weighted by atomic mass is 32.1. The van der Waals surface area contributed by atoms with E-state index < -0.39 is 12.1 Å². The fraction of sp³-hybridized carbons (Fsp3) is 0.250. The molecular formula is C16H15NO4S. The molecule has 1 unspecified atom stereocenters. The second-order valence-electron chi connectivity index (χ2n) is 4.86. The van der Waals surface area contributed by atoms with E-state index in [-0.39, 0.29) is 12.5 Å². The summed E-state index contributed by atoms with van der Waals surface area (Å²) < 4.78 is 10.4. The number of hydrogen-bond acceptors (Lipinski definition) is 5. The number of esters is 1. The van der Waals surface area contributed by atoms with Gasteiger partial charge in [0.05, 0.1) is 25.8 Å². The van der Waals surface area contributed by atoms with E-state index in [0.717, 1.165) is 4.88 Å². The van der Waals surface area contributed by atoms with Crippen LogP contribution >= 0.6 is 11.3 Å². The zero-order valence-electron chi connectivity index (χ0n) is 12.0. The van der Waals surface area contributed by atoms with Gasteiger partial charge >= 0.3 is 5.97 Å². The zero-order valence-corrected chi connectivity index (χ0v) is 12.8. The van der Waals surface area contributed by atoms with Gasteiger partial charge in [0.2, 0.25) is 12.0 Å². The Hall–Kier alpha value is -2.34. The molecule has 6 heteroatoms. The van der Waals surface area contributed by atoms with Gasteiger partial charge in [0.25, 0.3) is 0 Å². The van der Waals surface area contributed by atoms with E-state index in [9.17, 15) is 9.59 Å². The van der Waals surface area contributed by atoms with Crippen molar-refractivity contribution < 1.29 is 19.1 Å². The number of benzene rings is 1. The predicted octanol–water partition coefficient (Wildman–Crippen LogP) is 2.26. The molecule has 5 nitrogen and oxygen atoms in total. The first-order chi connectivity index (χ1) is 10.7. The van der Waals surface area contributed by atoms with Crippen LogP contribution in [0.15, 0.2) is 41.8 Å². The molecule has 1 atom stereocenters. The molecule has 1 amide bonds. The third kappa shape index (κ3) is 2.82. The van der Waals surface area contributed by atoms with Gasteiger partial charge < -0.3 is 14.4 Å². The van der Waals surface area contributed by atoms with Crippen LogP contribution in [0.25, 0.3) is 0 Å². The van der Waals surface area contributed by atoms with Crippen LogP contribution in [0.5, 0.6) is 5.75 Å². The SMILES string of the molecule is COC(=O)C1CN(C(=O)Cc2cccs2)c2ccccc2O1. The van der Waals surface area contributed by atoms with Crippen LogP contribution in [-0.2, 0) is 20.7 Å². The number of methoxy groups -OCH3 is 1. The van der Waals surface area contributed by atoms with Gasteiger partial charge in [-0.3, -0.25) is 4.79 Å². The van der Waals surface area contributed by atoms with Crippen LogP contribution < -0.4 is 9.64 Å². The van der Waals surface area contributed by atoms with Crippen molar-refractivity contribution >= 4 is 28.9 Å². The lowest BCUT2D eigenvalue weighted by atomic mass is 10.1. The fourth-order valence-corrected chi connectivity index (χ4v) is 3.08. The van der Waals surface area contributed by atoms with Gasteiger partial charge in [0.1, 0.15) is 5.75 Å². The number of hydrogen-bond donors (Lipinski definition) is 0. The van der Waals surface area contributed by atoms with Crippen molar-refractivity contribution in [3.05, 3.63) is 46.7 Å². The first-order valence-electron chi connectivity index (χ1n) is 6.85. The fourth-order valence-electron chi connectivity index (χ4n) is 2.38. The Bertz CT molecular complexity index is 683. The first-order valence-corrected chi connectivity index (χ1v) is 7.73. The maximum absolute atomic E-state index is 12.6. The van der Waals surface area contributed by atoms with Crippen LogP contribution in [0.4, 0.5) is 5.69 Å². The third-order valence-corrected chi connectivity index (χ3v) is 4.32. The number of thiophene rings is 1. The van der Waals surface area contributed by atoms with Crippen LogP contribution in [0, 0.1) is 0 Å². The highest BCUT2D eigenvalue weighted by Crippen LogP contribution is 2.33. The van der Waals surface area contributed by atoms with Crippen molar-refractivity contribution in [2.75, 3.05) is 18.6 Å². The molecule has 0 aliphatic carbocycles. The summed E-state index contributed by atoms with van der Waals surface area (Å²) in [5.41, 5.74) is 0.684. The van der Waals surface area contributed by atoms with Crippen molar-refractivity contribution in [3.8, 4) is 5.75 Å². The maximum Gasteiger partial charge on any atom is 0.348 e. The number of ether oxygens (including phenoxy) is 2. The minimum Gasteiger partial charge on any atom is -0.475 e. The number of rotatable bonds is 3. The quantitative estimate of drug-likeness (QED) is 0.815. The molecule has 0 bridgehead atoms. The van der Waals surface area contributed by atoms with Gasteiger partial charge in [-0.05, 0) is 23.6 Å². The number of nitrogens with zero attached hydrogens (tertiary/aromatic N) is 1. The van der Waals surface area contributed by atoms with Gasteiger partial charge in [-0.2, -0.15) is 0 Å². The van der Waals surface area contributed by atoms with Crippen molar-refractivity contribution in [2.45, 2.75) is 12.5 Å². The summed E-state index contributed by atoms with van der Waals surface area (Å²) in [6.45, 7) is 0.161. The predicted molar refractivity (Wildman–Crippen MR) is 83.3 cm³/mol. The van der Waals surface area contributed by atoms with E-state index in [1.54, 1.807) is 17.0 Å². The largest absolute Gasteiger partial charge is 0.475 e. The Labute approximate surface area is 132 Å². The second-order valence-corrected chi connectivity index (χ2v) is 5.89. The molecule has 3 rings (SSSR count). The lowest BCUT2D eigenvalue weighted by molar-refractivity contribution is -0.148. The molecule has 0 saturated carbocycles. The normalized spacial score (nSPS) is 16.6. The van der Waals surface area contributed by atoms with Crippen LogP contribution in [0.1, 0.15) is 4.88 Å². The number of para-hydroxylation sites is 2. The van der Waals surface area contributed by atoms with Gasteiger partial charge in [-0.25, -0.2) is 4.79 Å². The summed E-state index contributed by atoms with van der Waals surface area (Å²) in [5.74, 6) is -0.0285. The van der Waals surface area contributed by atoms with Crippen LogP contribution in [0.3, 0.4) is 0 Å². The van der Waals surface area contributed by atoms with Gasteiger partial charge in [0.15, 0.2) is 0 Å². The first kappa shape index (κ1) is 14.6. The summed E-state index contributed by atoms with van der Waals surface area (Å²) in [4.78, 5) is 27.0. The molecule has 114 valence electrons. The molecule has 1 aromatic heterocycles. The molecular weight excluding hydrogens is 302 g/mol. The maximum atomic E-state index is 12.6. The summed E-state index contributed by atoms with van der Waals surface area (Å²) >= 11 is 1.54. The van der Waals surface area contributed by atoms with Crippen molar-refractivity contribution in [1.82, 2.24) is 0 Å². The Morgan fingerprint density at radius 2 is 2.14 bits per heavy atom. The summed E-state index contributed by atoms with van der Waals surface area (Å²) in [5, 5.41) is 1.94. The smallest absolute Gasteiger partial charge is 0.348 e. The van der Waals surface area contributed by atoms with Crippen LogP contribution in [0.2, 0.25) is 0 Å². The molecule has 1 aliphatic heterocycles. The van der Waals surface area contributed by atoms with Gasteiger partial charge in [-0.1, -0.05) is 18.2 Å². The number of anilines is 1. The van der Waals surface area contributed by atoms with E-state index in [0.29, 0.717) is 17.9 Å². The van der Waals surface area contributed by atoms with Crippen LogP contribution in [-0.4, -0.2) is 31.6 Å². The van der Waals surface area contributed by atoms with Crippen molar-refractivity contribution in [3.63, 3.8) is 0 Å².